The number of aliphatic hydroxyl groups excluding tert-OH is 1. The molecule has 8 fully saturated rings. The molecule has 9 unspecified atom stereocenters. The zero-order valence-corrected chi connectivity index (χ0v) is 65.9. The van der Waals surface area contributed by atoms with Crippen LogP contribution in [0, 0.1) is 13.8 Å². The second kappa shape index (κ2) is 28.7. The van der Waals surface area contributed by atoms with Crippen molar-refractivity contribution < 1.29 is 98.8 Å². The maximum absolute atomic E-state index is 13.4. The number of aryl methyl sites for hydroxylation is 2. The quantitative estimate of drug-likeness (QED) is 0.0264. The summed E-state index contributed by atoms with van der Waals surface area (Å²) >= 11 is 22.9. The highest BCUT2D eigenvalue weighted by Gasteiger charge is 2.72. The first-order chi connectivity index (χ1) is 52.8. The maximum Gasteiger partial charge on any atom is 0.351 e. The first-order valence-corrected chi connectivity index (χ1v) is 44.6. The van der Waals surface area contributed by atoms with Crippen molar-refractivity contribution in [1.82, 2.24) is 77.7 Å². The van der Waals surface area contributed by atoms with Gasteiger partial charge >= 0.3 is 38.3 Å². The van der Waals surface area contributed by atoms with E-state index < -0.39 is 214 Å². The van der Waals surface area contributed by atoms with Gasteiger partial charge in [-0.1, -0.05) is 6.92 Å². The molecule has 0 aromatic carbocycles. The molecular formula is C57H72N20O27P4S4. The molecule has 0 aliphatic carbocycles. The number of nitrogen functional groups attached to an aromatic ring is 4. The highest BCUT2D eigenvalue weighted by Crippen LogP contribution is 2.63. The molecule has 8 aliphatic heterocycles. The van der Waals surface area contributed by atoms with Crippen LogP contribution >= 0.6 is 26.9 Å². The summed E-state index contributed by atoms with van der Waals surface area (Å²) in [5.74, 6) is -0.823. The summed E-state index contributed by atoms with van der Waals surface area (Å²) in [6, 6.07) is 0. The highest BCUT2D eigenvalue weighted by molar-refractivity contribution is 8.08. The van der Waals surface area contributed by atoms with E-state index in [-0.39, 0.29) is 75.6 Å². The van der Waals surface area contributed by atoms with Crippen LogP contribution in [0.1, 0.15) is 89.2 Å². The van der Waals surface area contributed by atoms with E-state index in [9.17, 15) is 53.4 Å². The lowest BCUT2D eigenvalue weighted by molar-refractivity contribution is -0.218. The third-order valence-electron chi connectivity index (χ3n) is 21.1. The molecule has 8 aliphatic rings. The summed E-state index contributed by atoms with van der Waals surface area (Å²) in [6.45, 7) is -12.2. The van der Waals surface area contributed by atoms with Crippen LogP contribution < -0.4 is 56.6 Å². The summed E-state index contributed by atoms with van der Waals surface area (Å²) in [5.41, 5.74) is 13.6. The first-order valence-electron chi connectivity index (χ1n) is 34.3. The molecule has 17 N–H and O–H groups in total. The van der Waals surface area contributed by atoms with Crippen LogP contribution in [-0.4, -0.2) is 225 Å². The van der Waals surface area contributed by atoms with Gasteiger partial charge < -0.3 is 113 Å². The van der Waals surface area contributed by atoms with Gasteiger partial charge in [0.05, 0.1) is 82.0 Å². The maximum atomic E-state index is 13.4. The topological polar surface area (TPSA) is 633 Å². The number of aliphatic hydroxyl groups is 1. The molecule has 0 saturated carbocycles. The number of aromatic amines is 4. The number of hydrogen-bond donors (Lipinski definition) is 13. The summed E-state index contributed by atoms with van der Waals surface area (Å²) in [5, 5.41) is 11.8. The molecule has 47 nitrogen and oxygen atoms in total. The van der Waals surface area contributed by atoms with E-state index in [1.165, 1.54) is 65.8 Å². The molecule has 25 atom stereocenters. The molecule has 8 aromatic heterocycles. The lowest BCUT2D eigenvalue weighted by Gasteiger charge is -2.39. The van der Waals surface area contributed by atoms with Crippen LogP contribution in [0.4, 0.5) is 23.7 Å². The van der Waals surface area contributed by atoms with Crippen LogP contribution in [0.3, 0.4) is 0 Å². The summed E-state index contributed by atoms with van der Waals surface area (Å²) in [7, 11) is 0. The zero-order valence-electron chi connectivity index (χ0n) is 59.0. The zero-order chi connectivity index (χ0) is 79.7. The highest BCUT2D eigenvalue weighted by atomic mass is 32.5. The van der Waals surface area contributed by atoms with Gasteiger partial charge in [0, 0.05) is 36.4 Å². The van der Waals surface area contributed by atoms with Crippen molar-refractivity contribution in [2.75, 3.05) is 49.4 Å². The second-order valence-corrected chi connectivity index (χ2v) is 39.0. The smallest absolute Gasteiger partial charge is 0.351 e. The molecule has 0 radical (unpaired) electrons. The molecule has 6 bridgehead atoms. The van der Waals surface area contributed by atoms with E-state index in [2.05, 4.69) is 54.8 Å². The molecule has 112 heavy (non-hydrogen) atoms. The van der Waals surface area contributed by atoms with Crippen LogP contribution in [0.25, 0.3) is 33.5 Å². The molecule has 0 amide bonds. The van der Waals surface area contributed by atoms with Crippen LogP contribution in [0.5, 0.6) is 0 Å². The predicted molar refractivity (Wildman–Crippen MR) is 396 cm³/mol. The van der Waals surface area contributed by atoms with E-state index in [1.807, 2.05) is 0 Å². The van der Waals surface area contributed by atoms with Gasteiger partial charge in [0.15, 0.2) is 52.2 Å². The molecule has 16 rings (SSSR count). The molecule has 16 heterocycles. The molecule has 606 valence electrons. The normalized spacial score (nSPS) is 34.8. The number of hydrogen-bond acceptors (Lipinski definition) is 38. The minimum absolute atomic E-state index is 0.00603. The molecule has 0 spiro atoms. The number of imidazole rings is 3. The Balaban J connectivity index is 0.667. The average Bonchev–Trinajstić information content (AvgIpc) is 1.55. The van der Waals surface area contributed by atoms with Gasteiger partial charge in [0.1, 0.15) is 77.8 Å². The number of fused-ring (bicyclic) bond motifs is 9. The number of nitrogens with two attached hydrogens (primary N) is 4. The summed E-state index contributed by atoms with van der Waals surface area (Å²) < 4.78 is 108. The van der Waals surface area contributed by atoms with E-state index >= 15 is 0 Å². The second-order valence-electron chi connectivity index (χ2n) is 27.8. The van der Waals surface area contributed by atoms with Gasteiger partial charge in [-0.15, -0.1) is 0 Å². The molecule has 55 heteroatoms. The van der Waals surface area contributed by atoms with Crippen molar-refractivity contribution in [2.24, 2.45) is 0 Å². The molecule has 8 saturated heterocycles. The monoisotopic (exact) mass is 1720 g/mol. The Morgan fingerprint density at radius 1 is 0.509 bits per heavy atom. The Morgan fingerprint density at radius 2 is 0.911 bits per heavy atom. The Kier molecular flexibility index (Phi) is 20.4. The first kappa shape index (κ1) is 79.4. The van der Waals surface area contributed by atoms with Gasteiger partial charge in [-0.3, -0.25) is 71.0 Å². The number of nitrogens with one attached hydrogen (secondary N) is 4. The van der Waals surface area contributed by atoms with Crippen molar-refractivity contribution in [2.45, 2.75) is 188 Å². The lowest BCUT2D eigenvalue weighted by atomic mass is 9.94. The van der Waals surface area contributed by atoms with Gasteiger partial charge in [-0.2, -0.15) is 19.9 Å². The van der Waals surface area contributed by atoms with Gasteiger partial charge in [0.25, 0.3) is 22.2 Å². The third kappa shape index (κ3) is 13.8. The number of anilines is 4. The third-order valence-corrected chi connectivity index (χ3v) is 27.3. The van der Waals surface area contributed by atoms with E-state index in [1.54, 1.807) is 20.8 Å². The standard InChI is InChI=1S/C57H72N20O27P4S4/c1-7-24-25(8-29(96-24)75-16-62-30-40(75)66-50(59)69-44(30)80)101-105(85,109)89-12-27-26(9-28(97-27)73-11-20(3)43(79)72-54(73)84)102-106(86,110)91-14-56-22(5)94-34(48(99-56)76-17-63-31-41(76)67-51(60)70-45(31)81)37(56)104-108(88,112)92-15-57-23(6)95-35(49(100-57)77-18-64-32-42(77)68-52(61)71-46(32)82)38(57)103-107(87,111)90-13-55-21(4)93-33(36(55)78)47(98-55)74-10-19(2)39(58)65-53(74)83/h10-11,16-18,21-29,33-38,47-49,78H,7-9,12-15H2,1-6H3,(H,85,109)(H,86,110)(H,87,111)(H,88,112)(H2,58,65,83)(H,72,79,84)(H3,59,66,69,80)(H3,60,67,70,81)(H3,61,68,71,82)/t21-,22-,23-,24+,25?,26?,27+,28+,29+,33-,34-,35-,36?,37?,38?,47+,48+,49+,55-,56-,57-,105?,106?,107?,108?/m0/s1. The molecule has 8 aromatic rings. The molecular weight excluding hydrogens is 1650 g/mol. The Bertz CT molecular complexity index is 5720. The van der Waals surface area contributed by atoms with Crippen LogP contribution in [0.15, 0.2) is 60.1 Å². The van der Waals surface area contributed by atoms with Crippen molar-refractivity contribution >= 4 is 131 Å². The van der Waals surface area contributed by atoms with Crippen LogP contribution in [0.2, 0.25) is 0 Å². The number of aromatic nitrogens is 16. The van der Waals surface area contributed by atoms with Gasteiger partial charge in [-0.05, 0) is 88.3 Å². The lowest BCUT2D eigenvalue weighted by Crippen LogP contribution is -2.52. The Morgan fingerprint density at radius 3 is 1.42 bits per heavy atom. The minimum Gasteiger partial charge on any atom is -0.387 e. The van der Waals surface area contributed by atoms with Crippen molar-refractivity contribution in [3.63, 3.8) is 0 Å². The van der Waals surface area contributed by atoms with E-state index in [0.717, 1.165) is 9.13 Å². The summed E-state index contributed by atoms with van der Waals surface area (Å²) in [6.07, 6.45) is -16.0. The SMILES string of the molecule is CC[C@H]1O[C@@H](n2cnc3c(=O)[nH]c(N)nc32)CC1OP(O)(=S)OC[C@H]1O[C@@H](n2cc(C)c(=O)[nH]c2=O)CC1OP(O)(=S)OC[C@]12O[C@@H](n3cnc4c(=O)[nH]c(N)nc43)[C@@H](O[C@H]1C)C2OP(O)(=S)OC[C@]12O[C@@H](n3cnc4c(=O)[nH]c(N)nc43)[C@@H](O[C@H]1C)C2OP(O)(=S)OC[C@]12O[C@@H](n3cc(C)c(N)nc3=O)[C@@H](O[C@H]1C)C2O. The fourth-order valence-corrected chi connectivity index (χ4v) is 21.2. The Labute approximate surface area is 646 Å². The minimum atomic E-state index is -4.88. The Hall–Kier alpha value is -6.43. The number of ether oxygens (including phenoxy) is 8. The van der Waals surface area contributed by atoms with E-state index in [4.69, 9.17) is 144 Å². The number of H-pyrrole nitrogens is 4. The van der Waals surface area contributed by atoms with E-state index in [0.29, 0.717) is 12.0 Å². The van der Waals surface area contributed by atoms with Crippen molar-refractivity contribution in [3.8, 4) is 0 Å². The summed E-state index contributed by atoms with van der Waals surface area (Å²) in [4.78, 5) is 166. The number of nitrogens with zero attached hydrogens (tertiary/aromatic N) is 12. The van der Waals surface area contributed by atoms with Gasteiger partial charge in [0.2, 0.25) is 17.8 Å². The van der Waals surface area contributed by atoms with Crippen molar-refractivity contribution in [3.05, 3.63) is 105 Å². The predicted octanol–water partition coefficient (Wildman–Crippen LogP) is -1.88. The average molecular weight is 1720 g/mol. The van der Waals surface area contributed by atoms with Crippen LogP contribution in [-0.2, 0) is 121 Å². The fraction of sp³-hybridized carbons (Fsp3) is 0.596. The largest absolute Gasteiger partial charge is 0.387 e. The number of rotatable bonds is 26. The fourth-order valence-electron chi connectivity index (χ4n) is 15.4. The van der Waals surface area contributed by atoms with Crippen molar-refractivity contribution in [1.29, 1.82) is 0 Å². The van der Waals surface area contributed by atoms with Gasteiger partial charge in [-0.25, -0.2) is 24.5 Å².